The van der Waals surface area contributed by atoms with Crippen molar-refractivity contribution in [3.63, 3.8) is 0 Å². The second kappa shape index (κ2) is 7.11. The van der Waals surface area contributed by atoms with Gasteiger partial charge in [-0.1, -0.05) is 11.6 Å². The highest BCUT2D eigenvalue weighted by Crippen LogP contribution is 2.26. The number of benzene rings is 1. The summed E-state index contributed by atoms with van der Waals surface area (Å²) in [5, 5.41) is 3.35. The summed E-state index contributed by atoms with van der Waals surface area (Å²) in [6.07, 6.45) is 0.233. The van der Waals surface area contributed by atoms with E-state index in [1.165, 1.54) is 0 Å². The maximum absolute atomic E-state index is 11.1. The average molecular weight is 272 g/mol. The van der Waals surface area contributed by atoms with Crippen LogP contribution >= 0.6 is 11.6 Å². The molecule has 0 saturated heterocycles. The molecule has 0 unspecified atom stereocenters. The number of carbonyl (C=O) groups excluding carboxylic acids is 1. The van der Waals surface area contributed by atoms with Crippen LogP contribution in [0.15, 0.2) is 12.1 Å². The summed E-state index contributed by atoms with van der Waals surface area (Å²) in [6, 6.07) is 3.75. The van der Waals surface area contributed by atoms with Gasteiger partial charge in [-0.05, 0) is 43.5 Å². The lowest BCUT2D eigenvalue weighted by Gasteiger charge is -2.11. The van der Waals surface area contributed by atoms with E-state index >= 15 is 0 Å². The molecule has 0 atom stereocenters. The first-order valence-corrected chi connectivity index (χ1v) is 6.20. The van der Waals surface area contributed by atoms with Gasteiger partial charge in [-0.2, -0.15) is 0 Å². The second-order valence-corrected chi connectivity index (χ2v) is 4.22. The molecule has 100 valence electrons. The van der Waals surface area contributed by atoms with Crippen LogP contribution in [0.4, 0.5) is 4.79 Å². The highest BCUT2D eigenvalue weighted by molar-refractivity contribution is 6.31. The van der Waals surface area contributed by atoms with E-state index in [0.29, 0.717) is 24.6 Å². The van der Waals surface area contributed by atoms with Crippen molar-refractivity contribution in [2.75, 3.05) is 20.3 Å². The topological polar surface area (TPSA) is 47.6 Å². The lowest BCUT2D eigenvalue weighted by Crippen LogP contribution is -2.26. The van der Waals surface area contributed by atoms with Gasteiger partial charge in [-0.3, -0.25) is 0 Å². The molecule has 0 aromatic heterocycles. The second-order valence-electron chi connectivity index (χ2n) is 3.81. The largest absolute Gasteiger partial charge is 0.496 e. The van der Waals surface area contributed by atoms with Crippen LogP contribution in [0.25, 0.3) is 0 Å². The number of nitrogens with one attached hydrogen (secondary N) is 1. The number of hydrogen-bond acceptors (Lipinski definition) is 3. The fourth-order valence-corrected chi connectivity index (χ4v) is 1.75. The molecule has 4 nitrogen and oxygen atoms in total. The Morgan fingerprint density at radius 2 is 2.17 bits per heavy atom. The van der Waals surface area contributed by atoms with Gasteiger partial charge in [0, 0.05) is 11.6 Å². The molecule has 1 aromatic rings. The fourth-order valence-electron chi connectivity index (χ4n) is 1.56. The summed E-state index contributed by atoms with van der Waals surface area (Å²) < 4.78 is 10.1. The summed E-state index contributed by atoms with van der Waals surface area (Å²) in [5.74, 6) is 0.780. The predicted octanol–water partition coefficient (Wildman–Crippen LogP) is 2.95. The first-order valence-electron chi connectivity index (χ1n) is 5.82. The van der Waals surface area contributed by atoms with E-state index in [1.807, 2.05) is 19.1 Å². The molecular formula is C13H18ClNO3. The lowest BCUT2D eigenvalue weighted by molar-refractivity contribution is 0.152. The molecule has 0 bridgehead atoms. The van der Waals surface area contributed by atoms with Gasteiger partial charge < -0.3 is 14.8 Å². The van der Waals surface area contributed by atoms with Crippen molar-refractivity contribution in [1.82, 2.24) is 5.32 Å². The summed E-state index contributed by atoms with van der Waals surface area (Å²) in [7, 11) is 1.62. The van der Waals surface area contributed by atoms with E-state index < -0.39 is 6.09 Å². The lowest BCUT2D eigenvalue weighted by atomic mass is 10.1. The van der Waals surface area contributed by atoms with Crippen LogP contribution in [0.2, 0.25) is 5.02 Å². The number of aryl methyl sites for hydroxylation is 1. The van der Waals surface area contributed by atoms with Gasteiger partial charge in [0.05, 0.1) is 13.7 Å². The van der Waals surface area contributed by atoms with E-state index in [9.17, 15) is 4.79 Å². The van der Waals surface area contributed by atoms with Gasteiger partial charge in [-0.25, -0.2) is 4.79 Å². The number of rotatable bonds is 5. The first kappa shape index (κ1) is 14.6. The van der Waals surface area contributed by atoms with Crippen molar-refractivity contribution >= 4 is 17.7 Å². The predicted molar refractivity (Wildman–Crippen MR) is 71.5 cm³/mol. The van der Waals surface area contributed by atoms with E-state index in [2.05, 4.69) is 5.32 Å². The third-order valence-corrected chi connectivity index (χ3v) is 2.91. The molecule has 0 aliphatic carbocycles. The summed E-state index contributed by atoms with van der Waals surface area (Å²) in [6.45, 7) is 4.54. The Kier molecular flexibility index (Phi) is 5.78. The van der Waals surface area contributed by atoms with Gasteiger partial charge >= 0.3 is 6.09 Å². The molecular weight excluding hydrogens is 254 g/mol. The molecule has 0 spiro atoms. The van der Waals surface area contributed by atoms with E-state index in [0.717, 1.165) is 16.9 Å². The SMILES string of the molecule is CCOC(=O)NCCc1cc(Cl)c(C)cc1OC. The fraction of sp³-hybridized carbons (Fsp3) is 0.462. The van der Waals surface area contributed by atoms with Crippen LogP contribution in [-0.2, 0) is 11.2 Å². The van der Waals surface area contributed by atoms with Gasteiger partial charge in [-0.15, -0.1) is 0 Å². The molecule has 5 heteroatoms. The standard InChI is InChI=1S/C13H18ClNO3/c1-4-18-13(16)15-6-5-10-8-11(14)9(2)7-12(10)17-3/h7-8H,4-6H2,1-3H3,(H,15,16). The van der Waals surface area contributed by atoms with Crippen molar-refractivity contribution in [1.29, 1.82) is 0 Å². The van der Waals surface area contributed by atoms with Crippen LogP contribution < -0.4 is 10.1 Å². The molecule has 0 aliphatic heterocycles. The van der Waals surface area contributed by atoms with Gasteiger partial charge in [0.15, 0.2) is 0 Å². The van der Waals surface area contributed by atoms with Gasteiger partial charge in [0.2, 0.25) is 0 Å². The zero-order valence-corrected chi connectivity index (χ0v) is 11.6. The third-order valence-electron chi connectivity index (χ3n) is 2.50. The van der Waals surface area contributed by atoms with Crippen molar-refractivity contribution in [2.45, 2.75) is 20.3 Å². The number of alkyl carbamates (subject to hydrolysis) is 1. The van der Waals surface area contributed by atoms with E-state index in [1.54, 1.807) is 14.0 Å². The maximum atomic E-state index is 11.1. The van der Waals surface area contributed by atoms with Crippen LogP contribution in [0.5, 0.6) is 5.75 Å². The molecule has 1 N–H and O–H groups in total. The van der Waals surface area contributed by atoms with Gasteiger partial charge in [0.25, 0.3) is 0 Å². The van der Waals surface area contributed by atoms with E-state index in [-0.39, 0.29) is 0 Å². The number of carbonyl (C=O) groups is 1. The Morgan fingerprint density at radius 1 is 1.44 bits per heavy atom. The first-order chi connectivity index (χ1) is 8.58. The normalized spacial score (nSPS) is 10.0. The Morgan fingerprint density at radius 3 is 2.78 bits per heavy atom. The number of halogens is 1. The van der Waals surface area contributed by atoms with Crippen molar-refractivity contribution in [3.8, 4) is 5.75 Å². The highest BCUT2D eigenvalue weighted by Gasteiger charge is 2.07. The van der Waals surface area contributed by atoms with Crippen LogP contribution in [0.3, 0.4) is 0 Å². The quantitative estimate of drug-likeness (QED) is 0.896. The molecule has 1 rings (SSSR count). The average Bonchev–Trinajstić information content (AvgIpc) is 2.33. The van der Waals surface area contributed by atoms with Crippen LogP contribution in [0.1, 0.15) is 18.1 Å². The molecule has 0 aliphatic rings. The zero-order valence-electron chi connectivity index (χ0n) is 10.9. The van der Waals surface area contributed by atoms with Crippen molar-refractivity contribution in [2.24, 2.45) is 0 Å². The smallest absolute Gasteiger partial charge is 0.407 e. The molecule has 1 amide bonds. The van der Waals surface area contributed by atoms with Crippen LogP contribution in [0, 0.1) is 6.92 Å². The number of methoxy groups -OCH3 is 1. The van der Waals surface area contributed by atoms with Crippen LogP contribution in [-0.4, -0.2) is 26.4 Å². The minimum atomic E-state index is -0.408. The third kappa shape index (κ3) is 4.11. The molecule has 0 heterocycles. The molecule has 1 aromatic carbocycles. The zero-order chi connectivity index (χ0) is 13.5. The number of ether oxygens (including phenoxy) is 2. The number of hydrogen-bond donors (Lipinski definition) is 1. The Balaban J connectivity index is 2.61. The molecule has 0 radical (unpaired) electrons. The molecule has 18 heavy (non-hydrogen) atoms. The summed E-state index contributed by atoms with van der Waals surface area (Å²) >= 11 is 6.07. The Hall–Kier alpha value is -1.42. The molecule has 0 saturated carbocycles. The minimum Gasteiger partial charge on any atom is -0.496 e. The van der Waals surface area contributed by atoms with E-state index in [4.69, 9.17) is 21.1 Å². The monoisotopic (exact) mass is 271 g/mol. The Labute approximate surface area is 112 Å². The molecule has 0 fully saturated rings. The minimum absolute atomic E-state index is 0.367. The van der Waals surface area contributed by atoms with Crippen molar-refractivity contribution in [3.05, 3.63) is 28.3 Å². The van der Waals surface area contributed by atoms with Gasteiger partial charge in [0.1, 0.15) is 5.75 Å². The summed E-state index contributed by atoms with van der Waals surface area (Å²) in [5.41, 5.74) is 1.93. The maximum Gasteiger partial charge on any atom is 0.407 e. The summed E-state index contributed by atoms with van der Waals surface area (Å²) in [4.78, 5) is 11.1. The highest BCUT2D eigenvalue weighted by atomic mass is 35.5. The Bertz CT molecular complexity index is 421. The number of amides is 1. The van der Waals surface area contributed by atoms with Crippen molar-refractivity contribution < 1.29 is 14.3 Å².